The normalized spacial score (nSPS) is 20.4. The molecule has 0 aromatic heterocycles. The molecule has 0 aliphatic carbocycles. The minimum Gasteiger partial charge on any atom is -0.393 e. The van der Waals surface area contributed by atoms with Crippen molar-refractivity contribution >= 4 is 6.03 Å². The summed E-state index contributed by atoms with van der Waals surface area (Å²) in [7, 11) is 1.80. The van der Waals surface area contributed by atoms with Gasteiger partial charge in [-0.1, -0.05) is 0 Å². The van der Waals surface area contributed by atoms with Crippen LogP contribution in [0.5, 0.6) is 0 Å². The third kappa shape index (κ3) is 2.11. The molecule has 1 aliphatic heterocycles. The van der Waals surface area contributed by atoms with E-state index >= 15 is 0 Å². The van der Waals surface area contributed by atoms with Gasteiger partial charge in [-0.25, -0.2) is 4.79 Å². The molecule has 2 amide bonds. The molecule has 1 heterocycles. The third-order valence-corrected chi connectivity index (χ3v) is 2.12. The van der Waals surface area contributed by atoms with Gasteiger partial charge in [0, 0.05) is 26.7 Å². The highest BCUT2D eigenvalue weighted by atomic mass is 16.3. The van der Waals surface area contributed by atoms with E-state index in [1.54, 1.807) is 23.8 Å². The molecule has 0 bridgehead atoms. The topological polar surface area (TPSA) is 43.8 Å². The number of urea groups is 1. The van der Waals surface area contributed by atoms with Gasteiger partial charge in [0.2, 0.25) is 0 Å². The van der Waals surface area contributed by atoms with Gasteiger partial charge < -0.3 is 14.9 Å². The Labute approximate surface area is 72.8 Å². The summed E-state index contributed by atoms with van der Waals surface area (Å²) in [6.45, 7) is 4.01. The Kier molecular flexibility index (Phi) is 2.92. The molecule has 0 radical (unpaired) electrons. The van der Waals surface area contributed by atoms with Crippen LogP contribution in [0.4, 0.5) is 4.79 Å². The van der Waals surface area contributed by atoms with E-state index in [-0.39, 0.29) is 12.1 Å². The van der Waals surface area contributed by atoms with Crippen LogP contribution in [0.1, 0.15) is 13.3 Å². The maximum Gasteiger partial charge on any atom is 0.319 e. The number of rotatable bonds is 3. The first-order valence-corrected chi connectivity index (χ1v) is 4.29. The Morgan fingerprint density at radius 1 is 1.58 bits per heavy atom. The lowest BCUT2D eigenvalue weighted by molar-refractivity contribution is 0.161. The Morgan fingerprint density at radius 2 is 2.25 bits per heavy atom. The predicted molar refractivity (Wildman–Crippen MR) is 45.9 cm³/mol. The molecule has 1 rings (SSSR count). The molecule has 12 heavy (non-hydrogen) atoms. The highest BCUT2D eigenvalue weighted by molar-refractivity contribution is 5.76. The number of nitrogens with zero attached hydrogens (tertiary/aromatic N) is 2. The number of carbonyl (C=O) groups is 1. The molecular formula is C8H16N2O2. The van der Waals surface area contributed by atoms with Crippen LogP contribution < -0.4 is 0 Å². The summed E-state index contributed by atoms with van der Waals surface area (Å²) >= 11 is 0. The summed E-state index contributed by atoms with van der Waals surface area (Å²) in [4.78, 5) is 14.8. The summed E-state index contributed by atoms with van der Waals surface area (Å²) in [5.74, 6) is 0. The van der Waals surface area contributed by atoms with E-state index in [0.717, 1.165) is 13.1 Å². The van der Waals surface area contributed by atoms with Crippen molar-refractivity contribution in [2.45, 2.75) is 19.4 Å². The maximum absolute atomic E-state index is 11.3. The minimum absolute atomic E-state index is 0.0793. The summed E-state index contributed by atoms with van der Waals surface area (Å²) < 4.78 is 0. The Hall–Kier alpha value is -0.770. The van der Waals surface area contributed by atoms with Crippen LogP contribution >= 0.6 is 0 Å². The molecule has 0 spiro atoms. The van der Waals surface area contributed by atoms with Gasteiger partial charge in [-0.05, 0) is 13.3 Å². The van der Waals surface area contributed by atoms with Crippen LogP contribution in [0.15, 0.2) is 0 Å². The molecule has 1 unspecified atom stereocenters. The molecule has 70 valence electrons. The SMILES string of the molecule is CC(O)CCN1CCN(C)C1=O. The van der Waals surface area contributed by atoms with Gasteiger partial charge >= 0.3 is 6.03 Å². The second kappa shape index (κ2) is 3.76. The van der Waals surface area contributed by atoms with Crippen LogP contribution in [-0.2, 0) is 0 Å². The molecule has 1 N–H and O–H groups in total. The van der Waals surface area contributed by atoms with Gasteiger partial charge in [0.25, 0.3) is 0 Å². The number of amides is 2. The first kappa shape index (κ1) is 9.32. The van der Waals surface area contributed by atoms with Gasteiger partial charge in [-0.3, -0.25) is 0 Å². The highest BCUT2D eigenvalue weighted by Crippen LogP contribution is 2.06. The molecule has 1 saturated heterocycles. The van der Waals surface area contributed by atoms with Gasteiger partial charge in [0.05, 0.1) is 6.10 Å². The molecule has 1 atom stereocenters. The standard InChI is InChI=1S/C8H16N2O2/c1-7(11)3-4-10-6-5-9(2)8(10)12/h7,11H,3-6H2,1-2H3. The van der Waals surface area contributed by atoms with Crippen LogP contribution in [0.3, 0.4) is 0 Å². The Bertz CT molecular complexity index is 170. The summed E-state index contributed by atoms with van der Waals surface area (Å²) in [6.07, 6.45) is 0.350. The van der Waals surface area contributed by atoms with Crippen LogP contribution in [0, 0.1) is 0 Å². The molecule has 0 saturated carbocycles. The van der Waals surface area contributed by atoms with Gasteiger partial charge in [0.1, 0.15) is 0 Å². The van der Waals surface area contributed by atoms with Gasteiger partial charge in [-0.2, -0.15) is 0 Å². The van der Waals surface area contributed by atoms with Crippen molar-refractivity contribution in [3.05, 3.63) is 0 Å². The lowest BCUT2D eigenvalue weighted by atomic mass is 10.3. The van der Waals surface area contributed by atoms with Crippen LogP contribution in [0.25, 0.3) is 0 Å². The van der Waals surface area contributed by atoms with Gasteiger partial charge in [0.15, 0.2) is 0 Å². The molecule has 4 nitrogen and oxygen atoms in total. The molecule has 0 aromatic rings. The van der Waals surface area contributed by atoms with Crippen molar-refractivity contribution in [1.29, 1.82) is 0 Å². The third-order valence-electron chi connectivity index (χ3n) is 2.12. The zero-order valence-corrected chi connectivity index (χ0v) is 7.66. The number of likely N-dealkylation sites (N-methyl/N-ethyl adjacent to an activating group) is 1. The average molecular weight is 172 g/mol. The largest absolute Gasteiger partial charge is 0.393 e. The molecular weight excluding hydrogens is 156 g/mol. The smallest absolute Gasteiger partial charge is 0.319 e. The quantitative estimate of drug-likeness (QED) is 0.657. The van der Waals surface area contributed by atoms with E-state index in [2.05, 4.69) is 0 Å². The molecule has 1 fully saturated rings. The Balaban J connectivity index is 2.30. The van der Waals surface area contributed by atoms with Crippen LogP contribution in [-0.4, -0.2) is 53.7 Å². The van der Waals surface area contributed by atoms with Crippen molar-refractivity contribution < 1.29 is 9.90 Å². The Morgan fingerprint density at radius 3 is 2.67 bits per heavy atom. The van der Waals surface area contributed by atoms with E-state index in [1.807, 2.05) is 0 Å². The highest BCUT2D eigenvalue weighted by Gasteiger charge is 2.24. The second-order valence-electron chi connectivity index (χ2n) is 3.33. The fourth-order valence-electron chi connectivity index (χ4n) is 1.25. The predicted octanol–water partition coefficient (Wildman–Crippen LogP) is 0.125. The fourth-order valence-corrected chi connectivity index (χ4v) is 1.25. The second-order valence-corrected chi connectivity index (χ2v) is 3.33. The molecule has 1 aliphatic rings. The average Bonchev–Trinajstić information content (AvgIpc) is 2.30. The van der Waals surface area contributed by atoms with E-state index in [0.29, 0.717) is 13.0 Å². The summed E-state index contributed by atoms with van der Waals surface area (Å²) in [5, 5.41) is 9.01. The van der Waals surface area contributed by atoms with E-state index in [1.165, 1.54) is 0 Å². The van der Waals surface area contributed by atoms with Crippen molar-refractivity contribution in [1.82, 2.24) is 9.80 Å². The van der Waals surface area contributed by atoms with E-state index in [9.17, 15) is 4.79 Å². The summed E-state index contributed by atoms with van der Waals surface area (Å²) in [5.41, 5.74) is 0. The van der Waals surface area contributed by atoms with Crippen molar-refractivity contribution in [2.24, 2.45) is 0 Å². The number of aliphatic hydroxyl groups excluding tert-OH is 1. The number of hydrogen-bond donors (Lipinski definition) is 1. The van der Waals surface area contributed by atoms with E-state index < -0.39 is 0 Å². The number of aliphatic hydroxyl groups is 1. The number of carbonyl (C=O) groups excluding carboxylic acids is 1. The van der Waals surface area contributed by atoms with Crippen molar-refractivity contribution in [3.8, 4) is 0 Å². The first-order valence-electron chi connectivity index (χ1n) is 4.29. The summed E-state index contributed by atoms with van der Waals surface area (Å²) in [6, 6.07) is 0.0793. The zero-order valence-electron chi connectivity index (χ0n) is 7.66. The molecule has 4 heteroatoms. The van der Waals surface area contributed by atoms with E-state index in [4.69, 9.17) is 5.11 Å². The maximum atomic E-state index is 11.3. The van der Waals surface area contributed by atoms with Crippen molar-refractivity contribution in [3.63, 3.8) is 0 Å². The molecule has 0 aromatic carbocycles. The number of hydrogen-bond acceptors (Lipinski definition) is 2. The monoisotopic (exact) mass is 172 g/mol. The zero-order chi connectivity index (χ0) is 9.14. The minimum atomic E-state index is -0.316. The lowest BCUT2D eigenvalue weighted by Crippen LogP contribution is -2.31. The van der Waals surface area contributed by atoms with Crippen LogP contribution in [0.2, 0.25) is 0 Å². The lowest BCUT2D eigenvalue weighted by Gasteiger charge is -2.16. The fraction of sp³-hybridized carbons (Fsp3) is 0.875. The van der Waals surface area contributed by atoms with Gasteiger partial charge in [-0.15, -0.1) is 0 Å². The first-order chi connectivity index (χ1) is 5.61. The van der Waals surface area contributed by atoms with Crippen molar-refractivity contribution in [2.75, 3.05) is 26.7 Å².